The number of hydrogen-bond acceptors (Lipinski definition) is 4. The number of hydrogen-bond donors (Lipinski definition) is 1. The summed E-state index contributed by atoms with van der Waals surface area (Å²) >= 11 is 6.17. The number of anilines is 1. The highest BCUT2D eigenvalue weighted by Gasteiger charge is 2.40. The largest absolute Gasteiger partial charge is 0.322 e. The maximum atomic E-state index is 12.8. The Balaban J connectivity index is 1.63. The lowest BCUT2D eigenvalue weighted by Gasteiger charge is -2.22. The van der Waals surface area contributed by atoms with Crippen LogP contribution < -0.4 is 5.32 Å². The number of fused-ring (bicyclic) bond motifs is 2. The molecule has 1 N–H and O–H groups in total. The highest BCUT2D eigenvalue weighted by molar-refractivity contribution is 6.36. The Kier molecular flexibility index (Phi) is 4.12. The molecule has 1 atom stereocenters. The van der Waals surface area contributed by atoms with E-state index in [0.29, 0.717) is 32.7 Å². The van der Waals surface area contributed by atoms with Gasteiger partial charge < -0.3 is 5.32 Å². The second-order valence-corrected chi connectivity index (χ2v) is 6.59. The number of aromatic nitrogens is 1. The first-order valence-electron chi connectivity index (χ1n) is 8.30. The van der Waals surface area contributed by atoms with Crippen LogP contribution in [-0.2, 0) is 4.79 Å². The standard InChI is InChI=1S/C20H14ClN3O3/c1-11(24-19(26)12-5-2-3-6-13(12)20(24)27)18(25)23-16-9-8-15(21)14-7-4-10-22-17(14)16/h2-11H,1H3,(H,23,25). The van der Waals surface area contributed by atoms with E-state index in [9.17, 15) is 14.4 Å². The Hall–Kier alpha value is -3.25. The zero-order chi connectivity index (χ0) is 19.1. The van der Waals surface area contributed by atoms with E-state index in [0.717, 1.165) is 4.90 Å². The third-order valence-electron chi connectivity index (χ3n) is 4.57. The number of amides is 3. The lowest BCUT2D eigenvalue weighted by molar-refractivity contribution is -0.119. The van der Waals surface area contributed by atoms with Crippen molar-refractivity contribution in [3.8, 4) is 0 Å². The van der Waals surface area contributed by atoms with Crippen molar-refractivity contribution in [3.05, 3.63) is 70.9 Å². The average Bonchev–Trinajstić information content (AvgIpc) is 2.94. The van der Waals surface area contributed by atoms with Gasteiger partial charge in [-0.3, -0.25) is 24.3 Å². The minimum Gasteiger partial charge on any atom is -0.322 e. The molecule has 0 fully saturated rings. The molecular weight excluding hydrogens is 366 g/mol. The molecule has 1 aliphatic heterocycles. The molecule has 3 aromatic rings. The number of carbonyl (C=O) groups excluding carboxylic acids is 3. The highest BCUT2D eigenvalue weighted by atomic mass is 35.5. The predicted octanol–water partition coefficient (Wildman–Crippen LogP) is 3.51. The molecule has 27 heavy (non-hydrogen) atoms. The molecule has 0 radical (unpaired) electrons. The lowest BCUT2D eigenvalue weighted by atomic mass is 10.1. The van der Waals surface area contributed by atoms with Crippen LogP contribution in [-0.4, -0.2) is 33.6 Å². The first-order valence-corrected chi connectivity index (χ1v) is 8.68. The number of carbonyl (C=O) groups is 3. The van der Waals surface area contributed by atoms with Crippen molar-refractivity contribution in [2.45, 2.75) is 13.0 Å². The summed E-state index contributed by atoms with van der Waals surface area (Å²) in [6, 6.07) is 12.4. The van der Waals surface area contributed by atoms with Gasteiger partial charge in [-0.1, -0.05) is 23.7 Å². The number of imide groups is 1. The van der Waals surface area contributed by atoms with E-state index < -0.39 is 23.8 Å². The van der Waals surface area contributed by atoms with Gasteiger partial charge in [-0.15, -0.1) is 0 Å². The number of rotatable bonds is 3. The van der Waals surface area contributed by atoms with Crippen molar-refractivity contribution in [3.63, 3.8) is 0 Å². The number of benzene rings is 2. The molecule has 3 amide bonds. The molecule has 1 unspecified atom stereocenters. The Morgan fingerprint density at radius 3 is 2.37 bits per heavy atom. The molecule has 7 heteroatoms. The predicted molar refractivity (Wildman–Crippen MR) is 102 cm³/mol. The minimum atomic E-state index is -0.980. The number of nitrogens with zero attached hydrogens (tertiary/aromatic N) is 2. The molecule has 1 aliphatic rings. The van der Waals surface area contributed by atoms with Crippen molar-refractivity contribution in [1.82, 2.24) is 9.88 Å². The summed E-state index contributed by atoms with van der Waals surface area (Å²) in [5.74, 6) is -1.44. The van der Waals surface area contributed by atoms with Gasteiger partial charge >= 0.3 is 0 Å². The topological polar surface area (TPSA) is 79.4 Å². The van der Waals surface area contributed by atoms with Gasteiger partial charge in [0.1, 0.15) is 6.04 Å². The third kappa shape index (κ3) is 2.74. The van der Waals surface area contributed by atoms with Crippen molar-refractivity contribution in [2.24, 2.45) is 0 Å². The maximum Gasteiger partial charge on any atom is 0.262 e. The maximum absolute atomic E-state index is 12.8. The van der Waals surface area contributed by atoms with Crippen LogP contribution in [0.25, 0.3) is 10.9 Å². The van der Waals surface area contributed by atoms with Crippen LogP contribution in [0.2, 0.25) is 5.02 Å². The summed E-state index contributed by atoms with van der Waals surface area (Å²) in [4.78, 5) is 43.1. The number of pyridine rings is 1. The molecular formula is C20H14ClN3O3. The molecule has 0 spiro atoms. The summed E-state index contributed by atoms with van der Waals surface area (Å²) in [6.45, 7) is 1.52. The van der Waals surface area contributed by atoms with Crippen LogP contribution in [0.3, 0.4) is 0 Å². The Bertz CT molecular complexity index is 1080. The van der Waals surface area contributed by atoms with Gasteiger partial charge in [-0.25, -0.2) is 0 Å². The normalized spacial score (nSPS) is 14.4. The minimum absolute atomic E-state index is 0.306. The molecule has 6 nitrogen and oxygen atoms in total. The summed E-state index contributed by atoms with van der Waals surface area (Å²) in [5, 5.41) is 3.97. The number of halogens is 1. The van der Waals surface area contributed by atoms with Gasteiger partial charge in [0.05, 0.1) is 27.4 Å². The van der Waals surface area contributed by atoms with E-state index in [1.807, 2.05) is 0 Å². The first-order chi connectivity index (χ1) is 13.0. The summed E-state index contributed by atoms with van der Waals surface area (Å²) in [6.07, 6.45) is 1.60. The first kappa shape index (κ1) is 17.2. The number of nitrogens with one attached hydrogen (secondary N) is 1. The molecule has 4 rings (SSSR count). The molecule has 0 saturated carbocycles. The lowest BCUT2D eigenvalue weighted by Crippen LogP contribution is -2.45. The van der Waals surface area contributed by atoms with Gasteiger partial charge in [0.2, 0.25) is 5.91 Å². The molecule has 2 aromatic carbocycles. The fourth-order valence-corrected chi connectivity index (χ4v) is 3.37. The van der Waals surface area contributed by atoms with Crippen LogP contribution in [0.5, 0.6) is 0 Å². The van der Waals surface area contributed by atoms with Crippen molar-refractivity contribution >= 4 is 45.9 Å². The van der Waals surface area contributed by atoms with Crippen molar-refractivity contribution in [2.75, 3.05) is 5.32 Å². The Morgan fingerprint density at radius 1 is 1.04 bits per heavy atom. The van der Waals surface area contributed by atoms with Crippen LogP contribution in [0.15, 0.2) is 54.7 Å². The molecule has 134 valence electrons. The second-order valence-electron chi connectivity index (χ2n) is 6.19. The van der Waals surface area contributed by atoms with E-state index in [1.165, 1.54) is 6.92 Å². The average molecular weight is 380 g/mol. The van der Waals surface area contributed by atoms with Gasteiger partial charge in [0.25, 0.3) is 11.8 Å². The fraction of sp³-hybridized carbons (Fsp3) is 0.100. The van der Waals surface area contributed by atoms with Crippen molar-refractivity contribution in [1.29, 1.82) is 0 Å². The van der Waals surface area contributed by atoms with E-state index in [1.54, 1.807) is 54.7 Å². The van der Waals surface area contributed by atoms with Crippen LogP contribution in [0, 0.1) is 0 Å². The van der Waals surface area contributed by atoms with Crippen LogP contribution in [0.4, 0.5) is 5.69 Å². The molecule has 2 heterocycles. The summed E-state index contributed by atoms with van der Waals surface area (Å²) < 4.78 is 0. The summed E-state index contributed by atoms with van der Waals surface area (Å²) in [7, 11) is 0. The van der Waals surface area contributed by atoms with Crippen molar-refractivity contribution < 1.29 is 14.4 Å². The van der Waals surface area contributed by atoms with Crippen LogP contribution >= 0.6 is 11.6 Å². The Morgan fingerprint density at radius 2 is 1.70 bits per heavy atom. The third-order valence-corrected chi connectivity index (χ3v) is 4.90. The molecule has 1 aromatic heterocycles. The van der Waals surface area contributed by atoms with E-state index >= 15 is 0 Å². The molecule has 0 aliphatic carbocycles. The molecule has 0 saturated heterocycles. The van der Waals surface area contributed by atoms with Gasteiger partial charge in [-0.05, 0) is 43.3 Å². The van der Waals surface area contributed by atoms with Gasteiger partial charge in [0, 0.05) is 11.6 Å². The highest BCUT2D eigenvalue weighted by Crippen LogP contribution is 2.29. The van der Waals surface area contributed by atoms with Crippen LogP contribution in [0.1, 0.15) is 27.6 Å². The monoisotopic (exact) mass is 379 g/mol. The fourth-order valence-electron chi connectivity index (χ4n) is 3.15. The second kappa shape index (κ2) is 6.48. The zero-order valence-corrected chi connectivity index (χ0v) is 15.0. The summed E-state index contributed by atoms with van der Waals surface area (Å²) in [5.41, 5.74) is 1.61. The van der Waals surface area contributed by atoms with Gasteiger partial charge in [0.15, 0.2) is 0 Å². The molecule has 0 bridgehead atoms. The van der Waals surface area contributed by atoms with E-state index in [2.05, 4.69) is 10.3 Å². The van der Waals surface area contributed by atoms with E-state index in [-0.39, 0.29) is 0 Å². The van der Waals surface area contributed by atoms with E-state index in [4.69, 9.17) is 11.6 Å². The quantitative estimate of drug-likeness (QED) is 0.706. The SMILES string of the molecule is CC(C(=O)Nc1ccc(Cl)c2cccnc12)N1C(=O)c2ccccc2C1=O. The zero-order valence-electron chi connectivity index (χ0n) is 14.3. The Labute approximate surface area is 159 Å². The smallest absolute Gasteiger partial charge is 0.262 e. The van der Waals surface area contributed by atoms with Gasteiger partial charge in [-0.2, -0.15) is 0 Å².